The van der Waals surface area contributed by atoms with E-state index in [0.717, 1.165) is 12.8 Å². The van der Waals surface area contributed by atoms with Crippen LogP contribution < -0.4 is 9.27 Å². The molecule has 1 aliphatic rings. The molecule has 6 heteroatoms. The van der Waals surface area contributed by atoms with Gasteiger partial charge >= 0.3 is 0 Å². The molecule has 0 bridgehead atoms. The third kappa shape index (κ3) is 4.30. The van der Waals surface area contributed by atoms with Crippen molar-refractivity contribution in [2.45, 2.75) is 37.4 Å². The number of hydrogen-bond donors (Lipinski definition) is 2. The van der Waals surface area contributed by atoms with Crippen molar-refractivity contribution in [2.24, 2.45) is 5.14 Å². The SMILES string of the molecule is NS(=O)(=O)NSC1CCCCC1. The van der Waals surface area contributed by atoms with Crippen molar-refractivity contribution in [3.63, 3.8) is 0 Å². The van der Waals surface area contributed by atoms with Gasteiger partial charge in [0, 0.05) is 5.25 Å². The summed E-state index contributed by atoms with van der Waals surface area (Å²) in [4.78, 5) is 0. The van der Waals surface area contributed by atoms with Crippen LogP contribution in [0.3, 0.4) is 0 Å². The highest BCUT2D eigenvalue weighted by molar-refractivity contribution is 8.08. The Morgan fingerprint density at radius 3 is 2.33 bits per heavy atom. The monoisotopic (exact) mass is 210 g/mol. The minimum Gasteiger partial charge on any atom is -0.215 e. The zero-order valence-corrected chi connectivity index (χ0v) is 8.46. The van der Waals surface area contributed by atoms with Crippen LogP contribution in [-0.2, 0) is 10.2 Å². The van der Waals surface area contributed by atoms with Crippen LogP contribution in [0.2, 0.25) is 0 Å². The number of nitrogens with one attached hydrogen (secondary N) is 1. The first kappa shape index (κ1) is 10.3. The van der Waals surface area contributed by atoms with Crippen LogP contribution in [0.4, 0.5) is 0 Å². The topological polar surface area (TPSA) is 72.2 Å². The minimum absolute atomic E-state index is 0.414. The highest BCUT2D eigenvalue weighted by atomic mass is 32.3. The highest BCUT2D eigenvalue weighted by Crippen LogP contribution is 2.26. The maximum atomic E-state index is 10.5. The van der Waals surface area contributed by atoms with Gasteiger partial charge in [-0.2, -0.15) is 8.42 Å². The zero-order valence-electron chi connectivity index (χ0n) is 6.82. The van der Waals surface area contributed by atoms with Gasteiger partial charge in [-0.1, -0.05) is 31.2 Å². The zero-order chi connectivity index (χ0) is 9.03. The lowest BCUT2D eigenvalue weighted by Crippen LogP contribution is -2.28. The van der Waals surface area contributed by atoms with E-state index in [1.807, 2.05) is 0 Å². The minimum atomic E-state index is -3.51. The fraction of sp³-hybridized carbons (Fsp3) is 1.00. The largest absolute Gasteiger partial charge is 0.283 e. The van der Waals surface area contributed by atoms with E-state index >= 15 is 0 Å². The molecule has 0 heterocycles. The van der Waals surface area contributed by atoms with E-state index in [1.54, 1.807) is 0 Å². The molecule has 0 aromatic heterocycles. The summed E-state index contributed by atoms with van der Waals surface area (Å²) in [5.74, 6) is 0. The Morgan fingerprint density at radius 1 is 1.25 bits per heavy atom. The average molecular weight is 210 g/mol. The van der Waals surface area contributed by atoms with Crippen LogP contribution in [0.15, 0.2) is 0 Å². The Morgan fingerprint density at radius 2 is 1.83 bits per heavy atom. The lowest BCUT2D eigenvalue weighted by Gasteiger charge is -2.19. The molecule has 1 saturated carbocycles. The molecule has 72 valence electrons. The molecular weight excluding hydrogens is 196 g/mol. The molecular formula is C6H14N2O2S2. The molecule has 0 aromatic carbocycles. The van der Waals surface area contributed by atoms with E-state index in [-0.39, 0.29) is 0 Å². The maximum Gasteiger partial charge on any atom is 0.283 e. The Kier molecular flexibility index (Phi) is 3.82. The molecule has 0 amide bonds. The molecule has 0 radical (unpaired) electrons. The molecule has 0 aliphatic heterocycles. The third-order valence-electron chi connectivity index (χ3n) is 1.88. The molecule has 0 spiro atoms. The van der Waals surface area contributed by atoms with Crippen molar-refractivity contribution < 1.29 is 8.42 Å². The normalized spacial score (nSPS) is 21.1. The lowest BCUT2D eigenvalue weighted by atomic mass is 10.0. The van der Waals surface area contributed by atoms with E-state index in [9.17, 15) is 8.42 Å². The van der Waals surface area contributed by atoms with Crippen LogP contribution in [0.5, 0.6) is 0 Å². The summed E-state index contributed by atoms with van der Waals surface area (Å²) in [6.45, 7) is 0. The van der Waals surface area contributed by atoms with Crippen LogP contribution in [0, 0.1) is 0 Å². The van der Waals surface area contributed by atoms with Gasteiger partial charge in [0.2, 0.25) is 0 Å². The molecule has 0 unspecified atom stereocenters. The second-order valence-electron chi connectivity index (χ2n) is 3.01. The fourth-order valence-electron chi connectivity index (χ4n) is 1.32. The van der Waals surface area contributed by atoms with Gasteiger partial charge in [-0.3, -0.25) is 0 Å². The van der Waals surface area contributed by atoms with Gasteiger partial charge in [0.25, 0.3) is 10.2 Å². The molecule has 4 nitrogen and oxygen atoms in total. The van der Waals surface area contributed by atoms with Crippen LogP contribution in [0.25, 0.3) is 0 Å². The van der Waals surface area contributed by atoms with E-state index in [2.05, 4.69) is 4.13 Å². The Labute approximate surface area is 77.6 Å². The van der Waals surface area contributed by atoms with Crippen molar-refractivity contribution in [3.05, 3.63) is 0 Å². The average Bonchev–Trinajstić information content (AvgIpc) is 2.02. The molecule has 0 atom stereocenters. The van der Waals surface area contributed by atoms with Crippen LogP contribution in [0.1, 0.15) is 32.1 Å². The first-order valence-corrected chi connectivity index (χ1v) is 6.46. The van der Waals surface area contributed by atoms with Gasteiger partial charge < -0.3 is 0 Å². The molecule has 12 heavy (non-hydrogen) atoms. The lowest BCUT2D eigenvalue weighted by molar-refractivity contribution is 0.515. The first-order valence-electron chi connectivity index (χ1n) is 4.03. The van der Waals surface area contributed by atoms with Crippen molar-refractivity contribution in [3.8, 4) is 0 Å². The predicted molar refractivity (Wildman–Crippen MR) is 50.7 cm³/mol. The molecule has 1 fully saturated rings. The van der Waals surface area contributed by atoms with Gasteiger partial charge in [-0.05, 0) is 12.8 Å². The van der Waals surface area contributed by atoms with Crippen LogP contribution in [-0.4, -0.2) is 13.7 Å². The summed E-state index contributed by atoms with van der Waals surface area (Å²) in [6.07, 6.45) is 5.85. The van der Waals surface area contributed by atoms with E-state index in [0.29, 0.717) is 5.25 Å². The number of rotatable bonds is 3. The predicted octanol–water partition coefficient (Wildman–Crippen LogP) is 0.760. The fourth-order valence-corrected chi connectivity index (χ4v) is 2.97. The van der Waals surface area contributed by atoms with Gasteiger partial charge in [0.15, 0.2) is 0 Å². The quantitative estimate of drug-likeness (QED) is 0.675. The van der Waals surface area contributed by atoms with E-state index in [1.165, 1.54) is 31.2 Å². The molecule has 0 aromatic rings. The third-order valence-corrected chi connectivity index (χ3v) is 4.00. The summed E-state index contributed by atoms with van der Waals surface area (Å²) < 4.78 is 23.3. The number of hydrogen-bond acceptors (Lipinski definition) is 3. The smallest absolute Gasteiger partial charge is 0.215 e. The highest BCUT2D eigenvalue weighted by Gasteiger charge is 2.15. The molecule has 3 N–H and O–H groups in total. The second-order valence-corrected chi connectivity index (χ2v) is 5.67. The second kappa shape index (κ2) is 4.45. The van der Waals surface area contributed by atoms with Gasteiger partial charge in [0.05, 0.1) is 0 Å². The van der Waals surface area contributed by atoms with Crippen LogP contribution >= 0.6 is 11.9 Å². The summed E-state index contributed by atoms with van der Waals surface area (Å²) in [7, 11) is -3.51. The van der Waals surface area contributed by atoms with Crippen molar-refractivity contribution in [1.82, 2.24) is 4.13 Å². The summed E-state index contributed by atoms with van der Waals surface area (Å²) in [6, 6.07) is 0. The molecule has 1 rings (SSSR count). The van der Waals surface area contributed by atoms with Gasteiger partial charge in [-0.15, -0.1) is 4.13 Å². The van der Waals surface area contributed by atoms with Gasteiger partial charge in [0.1, 0.15) is 0 Å². The maximum absolute atomic E-state index is 10.5. The van der Waals surface area contributed by atoms with E-state index < -0.39 is 10.2 Å². The first-order chi connectivity index (χ1) is 5.58. The Balaban J connectivity index is 2.22. The summed E-state index contributed by atoms with van der Waals surface area (Å²) >= 11 is 1.24. The van der Waals surface area contributed by atoms with E-state index in [4.69, 9.17) is 5.14 Å². The van der Waals surface area contributed by atoms with Gasteiger partial charge in [-0.25, -0.2) is 5.14 Å². The Bertz CT molecular complexity index is 222. The molecule has 0 saturated heterocycles. The standard InChI is InChI=1S/C6H14N2O2S2/c7-12(9,10)8-11-6-4-2-1-3-5-6/h6,8H,1-5H2,(H2,7,9,10). The summed E-state index contributed by atoms with van der Waals surface area (Å²) in [5.41, 5.74) is 0. The van der Waals surface area contributed by atoms with Crippen molar-refractivity contribution in [1.29, 1.82) is 0 Å². The Hall–Kier alpha value is 0.220. The van der Waals surface area contributed by atoms with Crippen molar-refractivity contribution >= 4 is 22.2 Å². The molecule has 1 aliphatic carbocycles. The number of nitrogens with two attached hydrogens (primary N) is 1. The summed E-state index contributed by atoms with van der Waals surface area (Å²) in [5, 5.41) is 5.21. The van der Waals surface area contributed by atoms with Crippen molar-refractivity contribution in [2.75, 3.05) is 0 Å².